The summed E-state index contributed by atoms with van der Waals surface area (Å²) in [6.07, 6.45) is -3.89. The zero-order valence-corrected chi connectivity index (χ0v) is 20.4. The maximum absolute atomic E-state index is 13.3. The minimum atomic E-state index is -4.51. The summed E-state index contributed by atoms with van der Waals surface area (Å²) in [4.78, 5) is 40.1. The Hall–Kier alpha value is -3.10. The van der Waals surface area contributed by atoms with Crippen molar-refractivity contribution in [3.63, 3.8) is 0 Å². The van der Waals surface area contributed by atoms with Gasteiger partial charge in [-0.2, -0.15) is 13.2 Å². The number of nitrogens with zero attached hydrogens (tertiary/aromatic N) is 2. The number of carbonyl (C=O) groups is 3. The van der Waals surface area contributed by atoms with Gasteiger partial charge in [0.1, 0.15) is 5.69 Å². The largest absolute Gasteiger partial charge is 0.461 e. The molecule has 34 heavy (non-hydrogen) atoms. The molecule has 0 fully saturated rings. The van der Waals surface area contributed by atoms with Crippen LogP contribution in [0.25, 0.3) is 0 Å². The molecule has 1 aromatic heterocycles. The number of benzene rings is 1. The first kappa shape index (κ1) is 27.1. The summed E-state index contributed by atoms with van der Waals surface area (Å²) in [6, 6.07) is 3.95. The summed E-state index contributed by atoms with van der Waals surface area (Å²) in [5.74, 6) is -1.18. The van der Waals surface area contributed by atoms with Crippen LogP contribution in [0.4, 0.5) is 13.2 Å². The maximum atomic E-state index is 13.3. The molecule has 1 aromatic carbocycles. The quantitative estimate of drug-likeness (QED) is 0.365. The Morgan fingerprint density at radius 1 is 1.09 bits per heavy atom. The number of ether oxygens (including phenoxy) is 1. The molecule has 0 N–H and O–H groups in total. The van der Waals surface area contributed by atoms with Gasteiger partial charge >= 0.3 is 12.1 Å². The van der Waals surface area contributed by atoms with Crippen LogP contribution >= 0.6 is 0 Å². The molecule has 0 radical (unpaired) electrons. The lowest BCUT2D eigenvalue weighted by Gasteiger charge is -2.23. The molecular weight excluding hydrogens is 449 g/mol. The molecule has 186 valence electrons. The van der Waals surface area contributed by atoms with E-state index in [4.69, 9.17) is 4.74 Å². The number of halogens is 3. The average molecular weight is 481 g/mol. The minimum Gasteiger partial charge on any atom is -0.461 e. The number of alkyl halides is 3. The highest BCUT2D eigenvalue weighted by molar-refractivity contribution is 6.06. The van der Waals surface area contributed by atoms with Crippen LogP contribution in [-0.4, -0.2) is 46.8 Å². The topological polar surface area (TPSA) is 68.6 Å². The molecule has 0 saturated carbocycles. The molecule has 6 nitrogen and oxygen atoms in total. The molecule has 0 aliphatic rings. The molecule has 0 aliphatic carbocycles. The van der Waals surface area contributed by atoms with E-state index >= 15 is 0 Å². The van der Waals surface area contributed by atoms with Gasteiger partial charge in [0.25, 0.3) is 5.91 Å². The molecule has 0 saturated heterocycles. The molecular formula is C25H31F3N2O4. The number of Topliss-reactive ketones (excluding diaryl/α,β-unsaturated/α-hetero) is 1. The van der Waals surface area contributed by atoms with E-state index in [1.165, 1.54) is 4.90 Å². The van der Waals surface area contributed by atoms with Gasteiger partial charge in [-0.15, -0.1) is 0 Å². The second-order valence-corrected chi connectivity index (χ2v) is 8.62. The van der Waals surface area contributed by atoms with Crippen molar-refractivity contribution in [1.82, 2.24) is 9.47 Å². The second kappa shape index (κ2) is 10.9. The van der Waals surface area contributed by atoms with Crippen molar-refractivity contribution in [3.05, 3.63) is 57.9 Å². The number of aromatic nitrogens is 1. The van der Waals surface area contributed by atoms with Crippen LogP contribution in [-0.2, 0) is 18.0 Å². The molecule has 0 unspecified atom stereocenters. The number of esters is 1. The predicted molar refractivity (Wildman–Crippen MR) is 122 cm³/mol. The summed E-state index contributed by atoms with van der Waals surface area (Å²) in [6.45, 7) is 9.19. The van der Waals surface area contributed by atoms with Crippen molar-refractivity contribution in [3.8, 4) is 0 Å². The Morgan fingerprint density at radius 3 is 2.18 bits per heavy atom. The lowest BCUT2D eigenvalue weighted by atomic mass is 10.0. The van der Waals surface area contributed by atoms with Crippen LogP contribution in [0.2, 0.25) is 0 Å². The first-order chi connectivity index (χ1) is 15.8. The van der Waals surface area contributed by atoms with Crippen molar-refractivity contribution in [1.29, 1.82) is 0 Å². The monoisotopic (exact) mass is 480 g/mol. The molecule has 2 aromatic rings. The minimum absolute atomic E-state index is 0.0678. The van der Waals surface area contributed by atoms with E-state index in [1.807, 2.05) is 13.8 Å². The normalized spacial score (nSPS) is 11.6. The molecule has 1 heterocycles. The van der Waals surface area contributed by atoms with E-state index in [9.17, 15) is 27.6 Å². The molecule has 2 rings (SSSR count). The summed E-state index contributed by atoms with van der Waals surface area (Å²) in [5.41, 5.74) is 0.852. The van der Waals surface area contributed by atoms with E-state index in [0.29, 0.717) is 23.2 Å². The van der Waals surface area contributed by atoms with Crippen LogP contribution in [0.5, 0.6) is 0 Å². The second-order valence-electron chi connectivity index (χ2n) is 8.62. The van der Waals surface area contributed by atoms with Gasteiger partial charge in [-0.3, -0.25) is 9.59 Å². The molecule has 0 aliphatic heterocycles. The van der Waals surface area contributed by atoms with Crippen molar-refractivity contribution in [2.24, 2.45) is 13.0 Å². The van der Waals surface area contributed by atoms with Gasteiger partial charge in [0.05, 0.1) is 18.7 Å². The van der Waals surface area contributed by atoms with Crippen molar-refractivity contribution >= 4 is 17.7 Å². The van der Waals surface area contributed by atoms with Gasteiger partial charge < -0.3 is 14.2 Å². The third kappa shape index (κ3) is 6.07. The van der Waals surface area contributed by atoms with Crippen molar-refractivity contribution < 1.29 is 32.3 Å². The van der Waals surface area contributed by atoms with Gasteiger partial charge in [-0.25, -0.2) is 4.79 Å². The molecule has 0 bridgehead atoms. The highest BCUT2D eigenvalue weighted by Crippen LogP contribution is 2.29. The fourth-order valence-electron chi connectivity index (χ4n) is 3.78. The molecule has 0 atom stereocenters. The summed E-state index contributed by atoms with van der Waals surface area (Å²) < 4.78 is 45.4. The van der Waals surface area contributed by atoms with E-state index in [1.54, 1.807) is 32.4 Å². The number of hydrogen-bond donors (Lipinski definition) is 0. The van der Waals surface area contributed by atoms with E-state index in [-0.39, 0.29) is 42.7 Å². The smallest absolute Gasteiger partial charge is 0.416 e. The van der Waals surface area contributed by atoms with Crippen LogP contribution in [0.3, 0.4) is 0 Å². The number of ketones is 1. The first-order valence-electron chi connectivity index (χ1n) is 11.1. The van der Waals surface area contributed by atoms with E-state index in [2.05, 4.69) is 0 Å². The standard InChI is InChI=1S/C25H31F3N2O4/c1-7-34-24(33)22-16(4)21(17(5)29(22)6)20(31)14-30(13-12-15(2)3)23(32)18-8-10-19(11-9-18)25(26,27)28/h8-11,15H,7,12-14H2,1-6H3. The average Bonchev–Trinajstić information content (AvgIpc) is 2.98. The Morgan fingerprint density at radius 2 is 1.68 bits per heavy atom. The molecule has 9 heteroatoms. The summed E-state index contributed by atoms with van der Waals surface area (Å²) >= 11 is 0. The SMILES string of the molecule is CCOC(=O)c1c(C)c(C(=O)CN(CCC(C)C)C(=O)c2ccc(C(F)(F)F)cc2)c(C)n1C. The van der Waals surface area contributed by atoms with E-state index in [0.717, 1.165) is 24.3 Å². The Labute approximate surface area is 197 Å². The van der Waals surface area contributed by atoms with Gasteiger partial charge in [0, 0.05) is 30.4 Å². The van der Waals surface area contributed by atoms with Crippen molar-refractivity contribution in [2.75, 3.05) is 19.7 Å². The highest BCUT2D eigenvalue weighted by Gasteiger charge is 2.31. The lowest BCUT2D eigenvalue weighted by Crippen LogP contribution is -2.37. The Kier molecular flexibility index (Phi) is 8.69. The maximum Gasteiger partial charge on any atom is 0.416 e. The van der Waals surface area contributed by atoms with Gasteiger partial charge in [0.15, 0.2) is 5.78 Å². The summed E-state index contributed by atoms with van der Waals surface area (Å²) in [5, 5.41) is 0. The van der Waals surface area contributed by atoms with Gasteiger partial charge in [-0.1, -0.05) is 13.8 Å². The number of hydrogen-bond acceptors (Lipinski definition) is 4. The fourth-order valence-corrected chi connectivity index (χ4v) is 3.78. The highest BCUT2D eigenvalue weighted by atomic mass is 19.4. The predicted octanol–water partition coefficient (Wildman–Crippen LogP) is 5.21. The fraction of sp³-hybridized carbons (Fsp3) is 0.480. The molecule has 1 amide bonds. The number of rotatable bonds is 9. The third-order valence-electron chi connectivity index (χ3n) is 5.74. The van der Waals surface area contributed by atoms with Crippen LogP contribution in [0.1, 0.15) is 75.2 Å². The molecule has 0 spiro atoms. The third-order valence-corrected chi connectivity index (χ3v) is 5.74. The Balaban J connectivity index is 2.36. The van der Waals surface area contributed by atoms with Crippen LogP contribution in [0.15, 0.2) is 24.3 Å². The van der Waals surface area contributed by atoms with Crippen LogP contribution in [0, 0.1) is 19.8 Å². The van der Waals surface area contributed by atoms with Gasteiger partial charge in [-0.05, 0) is 62.9 Å². The zero-order chi connectivity index (χ0) is 25.8. The number of amides is 1. The Bertz CT molecular complexity index is 1050. The van der Waals surface area contributed by atoms with Crippen LogP contribution < -0.4 is 0 Å². The summed E-state index contributed by atoms with van der Waals surface area (Å²) in [7, 11) is 1.66. The lowest BCUT2D eigenvalue weighted by molar-refractivity contribution is -0.137. The first-order valence-corrected chi connectivity index (χ1v) is 11.1. The van der Waals surface area contributed by atoms with Gasteiger partial charge in [0.2, 0.25) is 0 Å². The zero-order valence-electron chi connectivity index (χ0n) is 20.4. The number of carbonyl (C=O) groups excluding carboxylic acids is 3. The van der Waals surface area contributed by atoms with E-state index < -0.39 is 23.6 Å². The van der Waals surface area contributed by atoms with Crippen molar-refractivity contribution in [2.45, 2.75) is 47.2 Å².